The summed E-state index contributed by atoms with van der Waals surface area (Å²) < 4.78 is 27.3. The number of rotatable bonds is 7. The van der Waals surface area contributed by atoms with Crippen molar-refractivity contribution in [2.45, 2.75) is 38.1 Å². The molecule has 2 aliphatic rings. The second-order valence-corrected chi connectivity index (χ2v) is 11.2. The number of carbonyl (C=O) groups is 1. The molecule has 0 aliphatic carbocycles. The largest absolute Gasteiger partial charge is 0.354 e. The summed E-state index contributed by atoms with van der Waals surface area (Å²) in [6.07, 6.45) is 3.56. The van der Waals surface area contributed by atoms with Crippen molar-refractivity contribution in [3.63, 3.8) is 0 Å². The molecule has 3 heterocycles. The Labute approximate surface area is 203 Å². The third-order valence-electron chi connectivity index (χ3n) is 6.90. The summed E-state index contributed by atoms with van der Waals surface area (Å²) in [5.41, 5.74) is 1.35. The first kappa shape index (κ1) is 24.6. The Morgan fingerprint density at radius 2 is 1.68 bits per heavy atom. The minimum Gasteiger partial charge on any atom is -0.354 e. The van der Waals surface area contributed by atoms with E-state index in [0.717, 1.165) is 56.9 Å². The highest BCUT2D eigenvalue weighted by Gasteiger charge is 2.28. The fourth-order valence-corrected chi connectivity index (χ4v) is 5.91. The zero-order valence-corrected chi connectivity index (χ0v) is 20.9. The highest BCUT2D eigenvalue weighted by molar-refractivity contribution is 7.89. The van der Waals surface area contributed by atoms with Crippen LogP contribution in [0.1, 0.15) is 42.6 Å². The van der Waals surface area contributed by atoms with Gasteiger partial charge in [0.25, 0.3) is 5.91 Å². The number of piperidine rings is 1. The number of piperazine rings is 1. The van der Waals surface area contributed by atoms with E-state index in [4.69, 9.17) is 0 Å². The first-order valence-electron chi connectivity index (χ1n) is 12.2. The number of carbonyl (C=O) groups excluding carboxylic acids is 1. The molecule has 0 saturated carbocycles. The van der Waals surface area contributed by atoms with Crippen LogP contribution in [0.4, 0.5) is 5.82 Å². The van der Waals surface area contributed by atoms with Gasteiger partial charge < -0.3 is 15.1 Å². The van der Waals surface area contributed by atoms with Gasteiger partial charge in [-0.15, -0.1) is 0 Å². The van der Waals surface area contributed by atoms with Crippen LogP contribution in [-0.4, -0.2) is 74.3 Å². The molecule has 8 nitrogen and oxygen atoms in total. The van der Waals surface area contributed by atoms with Gasteiger partial charge >= 0.3 is 0 Å². The molecule has 34 heavy (non-hydrogen) atoms. The van der Waals surface area contributed by atoms with Crippen molar-refractivity contribution < 1.29 is 13.2 Å². The molecule has 0 spiro atoms. The van der Waals surface area contributed by atoms with Crippen molar-refractivity contribution in [3.05, 3.63) is 53.7 Å². The molecule has 4 rings (SSSR count). The maximum absolute atomic E-state index is 12.9. The average molecular weight is 486 g/mol. The topological polar surface area (TPSA) is 85.8 Å². The summed E-state index contributed by atoms with van der Waals surface area (Å²) >= 11 is 0. The number of pyridine rings is 1. The zero-order valence-electron chi connectivity index (χ0n) is 20.1. The smallest absolute Gasteiger partial charge is 0.251 e. The molecule has 2 aromatic rings. The fourth-order valence-electron chi connectivity index (χ4n) is 4.44. The molecule has 0 unspecified atom stereocenters. The second kappa shape index (κ2) is 10.8. The van der Waals surface area contributed by atoms with Gasteiger partial charge in [-0.25, -0.2) is 13.4 Å². The van der Waals surface area contributed by atoms with Crippen LogP contribution in [0.15, 0.2) is 47.5 Å². The van der Waals surface area contributed by atoms with Crippen LogP contribution in [0.2, 0.25) is 0 Å². The molecule has 184 valence electrons. The summed E-state index contributed by atoms with van der Waals surface area (Å²) in [6.45, 7) is 10.9. The Balaban J connectivity index is 1.30. The van der Waals surface area contributed by atoms with E-state index >= 15 is 0 Å². The van der Waals surface area contributed by atoms with Crippen LogP contribution in [0.25, 0.3) is 0 Å². The molecule has 0 bridgehead atoms. The zero-order chi connectivity index (χ0) is 24.1. The van der Waals surface area contributed by atoms with Gasteiger partial charge in [0.15, 0.2) is 0 Å². The number of nitrogens with zero attached hydrogens (tertiary/aromatic N) is 4. The Hall–Kier alpha value is -2.49. The lowest BCUT2D eigenvalue weighted by molar-refractivity contribution is 0.0950. The molecule has 0 atom stereocenters. The summed E-state index contributed by atoms with van der Waals surface area (Å²) in [4.78, 5) is 22.1. The molecule has 9 heteroatoms. The van der Waals surface area contributed by atoms with Gasteiger partial charge in [-0.2, -0.15) is 4.31 Å². The fraction of sp³-hybridized carbons (Fsp3) is 0.520. The van der Waals surface area contributed by atoms with Crippen molar-refractivity contribution in [2.24, 2.45) is 5.92 Å². The Morgan fingerprint density at radius 1 is 1.00 bits per heavy atom. The molecule has 2 aliphatic heterocycles. The Kier molecular flexibility index (Phi) is 7.85. The molecule has 2 saturated heterocycles. The van der Waals surface area contributed by atoms with Gasteiger partial charge in [0.1, 0.15) is 5.82 Å². The highest BCUT2D eigenvalue weighted by Crippen LogP contribution is 2.23. The quantitative estimate of drug-likeness (QED) is 0.649. The molecular weight excluding hydrogens is 450 g/mol. The van der Waals surface area contributed by atoms with Crippen LogP contribution >= 0.6 is 0 Å². The first-order chi connectivity index (χ1) is 16.4. The molecular formula is C25H35N5O3S. The van der Waals surface area contributed by atoms with Crippen LogP contribution in [0, 0.1) is 5.92 Å². The number of amides is 1. The van der Waals surface area contributed by atoms with Gasteiger partial charge in [-0.3, -0.25) is 4.79 Å². The number of nitrogens with one attached hydrogen (secondary N) is 1. The van der Waals surface area contributed by atoms with E-state index in [-0.39, 0.29) is 10.8 Å². The number of hydrogen-bond donors (Lipinski definition) is 1. The molecule has 1 amide bonds. The molecule has 1 aromatic carbocycles. The summed E-state index contributed by atoms with van der Waals surface area (Å²) in [5, 5.41) is 2.90. The van der Waals surface area contributed by atoms with Gasteiger partial charge in [0, 0.05) is 57.6 Å². The SMILES string of the molecule is CCN1CCN(c2ccc(CNC(=O)c3ccc(S(=O)(=O)N4CCC(C)CC4)cc3)cn2)CC1. The van der Waals surface area contributed by atoms with E-state index in [1.807, 2.05) is 12.1 Å². The molecule has 0 radical (unpaired) electrons. The van der Waals surface area contributed by atoms with Gasteiger partial charge in [-0.1, -0.05) is 19.9 Å². The number of anilines is 1. The van der Waals surface area contributed by atoms with E-state index in [2.05, 4.69) is 33.9 Å². The van der Waals surface area contributed by atoms with Gasteiger partial charge in [-0.05, 0) is 61.2 Å². The number of hydrogen-bond acceptors (Lipinski definition) is 6. The van der Waals surface area contributed by atoms with E-state index in [1.165, 1.54) is 12.1 Å². The second-order valence-electron chi connectivity index (χ2n) is 9.24. The van der Waals surface area contributed by atoms with Crippen LogP contribution in [0.3, 0.4) is 0 Å². The van der Waals surface area contributed by atoms with Crippen LogP contribution < -0.4 is 10.2 Å². The summed E-state index contributed by atoms with van der Waals surface area (Å²) in [7, 11) is -3.51. The Bertz CT molecular complexity index is 1060. The van der Waals surface area contributed by atoms with Crippen LogP contribution in [0.5, 0.6) is 0 Å². The predicted octanol–water partition coefficient (Wildman–Crippen LogP) is 2.57. The van der Waals surface area contributed by atoms with Crippen LogP contribution in [-0.2, 0) is 16.6 Å². The standard InChI is InChI=1S/C25H35N5O3S/c1-3-28-14-16-29(17-15-28)24-9-4-21(18-26-24)19-27-25(31)22-5-7-23(8-6-22)34(32,33)30-12-10-20(2)11-13-30/h4-9,18,20H,3,10-17,19H2,1-2H3,(H,27,31). The third-order valence-corrected chi connectivity index (χ3v) is 8.82. The predicted molar refractivity (Wildman–Crippen MR) is 133 cm³/mol. The lowest BCUT2D eigenvalue weighted by Crippen LogP contribution is -2.46. The van der Waals surface area contributed by atoms with Gasteiger partial charge in [0.05, 0.1) is 4.90 Å². The van der Waals surface area contributed by atoms with Crippen molar-refractivity contribution in [1.29, 1.82) is 0 Å². The number of aromatic nitrogens is 1. The maximum atomic E-state index is 12.9. The molecule has 1 aromatic heterocycles. The van der Waals surface area contributed by atoms with E-state index < -0.39 is 10.0 Å². The minimum atomic E-state index is -3.51. The normalized spacial score (nSPS) is 18.7. The minimum absolute atomic E-state index is 0.234. The monoisotopic (exact) mass is 485 g/mol. The van der Waals surface area contributed by atoms with E-state index in [0.29, 0.717) is 31.1 Å². The number of likely N-dealkylation sites (N-methyl/N-ethyl adjacent to an activating group) is 1. The Morgan fingerprint density at radius 3 is 2.26 bits per heavy atom. The first-order valence-corrected chi connectivity index (χ1v) is 13.6. The lowest BCUT2D eigenvalue weighted by Gasteiger charge is -2.34. The van der Waals surface area contributed by atoms with Crippen molar-refractivity contribution in [3.8, 4) is 0 Å². The highest BCUT2D eigenvalue weighted by atomic mass is 32.2. The number of sulfonamides is 1. The average Bonchev–Trinajstić information content (AvgIpc) is 2.88. The van der Waals surface area contributed by atoms with E-state index in [1.54, 1.807) is 22.6 Å². The van der Waals surface area contributed by atoms with Gasteiger partial charge in [0.2, 0.25) is 10.0 Å². The summed E-state index contributed by atoms with van der Waals surface area (Å²) in [5.74, 6) is 1.28. The van der Waals surface area contributed by atoms with E-state index in [9.17, 15) is 13.2 Å². The maximum Gasteiger partial charge on any atom is 0.251 e. The molecule has 2 fully saturated rings. The molecule has 1 N–H and O–H groups in total. The summed E-state index contributed by atoms with van der Waals surface area (Å²) in [6, 6.07) is 10.2. The number of benzene rings is 1. The lowest BCUT2D eigenvalue weighted by atomic mass is 10.0. The van der Waals surface area contributed by atoms with Crippen molar-refractivity contribution in [1.82, 2.24) is 19.5 Å². The van der Waals surface area contributed by atoms with Crippen molar-refractivity contribution >= 4 is 21.7 Å². The third kappa shape index (κ3) is 5.76. The van der Waals surface area contributed by atoms with Crippen molar-refractivity contribution in [2.75, 3.05) is 50.7 Å².